The van der Waals surface area contributed by atoms with Crippen LogP contribution in [-0.4, -0.2) is 35.8 Å². The quantitative estimate of drug-likeness (QED) is 0.161. The predicted octanol–water partition coefficient (Wildman–Crippen LogP) is 10.0. The first kappa shape index (κ1) is 39.0. The number of methoxy groups -OCH3 is 1. The number of rotatable bonds is 10. The number of benzene rings is 3. The molecule has 0 aliphatic carbocycles. The van der Waals surface area contributed by atoms with Crippen molar-refractivity contribution in [3.05, 3.63) is 106 Å². The monoisotopic (exact) mass is 756 g/mol. The standard InChI is InChI=1S/C36H33F9N4O4/c1-4-26-17-29(28-16-23(34(37,38)39)8-11-30(28)49(26)33(50)52-5-2)47-31-22(12-21-13-24(35(40,41)42)15-25(14-21)36(43,44)45)18-46-32(48-31)53-19-20-6-9-27(51-3)10-7-20/h6-11,13-16,18,26,29H,4-5,12,17,19H2,1-3H3,(H,46,47,48)/t26-,29+/m1/s1. The van der Waals surface area contributed by atoms with Crippen molar-refractivity contribution in [1.29, 1.82) is 0 Å². The van der Waals surface area contributed by atoms with E-state index in [4.69, 9.17) is 14.2 Å². The van der Waals surface area contributed by atoms with Crippen LogP contribution in [0.1, 0.15) is 71.7 Å². The zero-order valence-electron chi connectivity index (χ0n) is 28.4. The predicted molar refractivity (Wildman–Crippen MR) is 175 cm³/mol. The Bertz CT molecular complexity index is 1880. The second kappa shape index (κ2) is 15.4. The molecule has 284 valence electrons. The van der Waals surface area contributed by atoms with Gasteiger partial charge in [0.05, 0.1) is 42.1 Å². The third-order valence-electron chi connectivity index (χ3n) is 8.52. The summed E-state index contributed by atoms with van der Waals surface area (Å²) in [5, 5.41) is 3.07. The normalized spacial score (nSPS) is 16.2. The number of halogens is 9. The van der Waals surface area contributed by atoms with Crippen molar-refractivity contribution in [2.75, 3.05) is 23.9 Å². The molecule has 5 rings (SSSR count). The summed E-state index contributed by atoms with van der Waals surface area (Å²) in [5.74, 6) is 0.459. The van der Waals surface area contributed by atoms with Crippen LogP contribution < -0.4 is 19.7 Å². The number of fused-ring (bicyclic) bond motifs is 1. The summed E-state index contributed by atoms with van der Waals surface area (Å²) < 4.78 is 140. The SMILES string of the molecule is CCOC(=O)N1c2ccc(C(F)(F)F)cc2[C@@H](Nc2nc(OCc3ccc(OC)cc3)ncc2Cc2cc(C(F)(F)F)cc(C(F)(F)F)c2)C[C@H]1CC. The molecule has 4 aromatic rings. The first-order valence-corrected chi connectivity index (χ1v) is 16.2. The van der Waals surface area contributed by atoms with E-state index in [1.807, 2.05) is 0 Å². The Balaban J connectivity index is 1.60. The minimum absolute atomic E-state index is 0.00138. The zero-order valence-corrected chi connectivity index (χ0v) is 28.4. The van der Waals surface area contributed by atoms with E-state index in [9.17, 15) is 44.3 Å². The maximum absolute atomic E-state index is 14.0. The van der Waals surface area contributed by atoms with Gasteiger partial charge in [-0.05, 0) is 85.0 Å². The summed E-state index contributed by atoms with van der Waals surface area (Å²) in [6.45, 7) is 3.28. The van der Waals surface area contributed by atoms with Gasteiger partial charge in [-0.1, -0.05) is 19.1 Å². The molecular weight excluding hydrogens is 723 g/mol. The lowest BCUT2D eigenvalue weighted by atomic mass is 9.88. The van der Waals surface area contributed by atoms with Gasteiger partial charge in [-0.3, -0.25) is 4.90 Å². The van der Waals surface area contributed by atoms with Gasteiger partial charge in [-0.2, -0.15) is 44.5 Å². The number of alkyl halides is 9. The van der Waals surface area contributed by atoms with E-state index in [0.29, 0.717) is 29.9 Å². The maximum atomic E-state index is 14.0. The number of carbonyl (C=O) groups excluding carboxylic acids is 1. The Morgan fingerprint density at radius 3 is 2.06 bits per heavy atom. The van der Waals surface area contributed by atoms with Gasteiger partial charge in [0.25, 0.3) is 0 Å². The topological polar surface area (TPSA) is 85.8 Å². The Morgan fingerprint density at radius 1 is 0.849 bits per heavy atom. The molecule has 0 radical (unpaired) electrons. The van der Waals surface area contributed by atoms with Gasteiger partial charge in [0.2, 0.25) is 0 Å². The van der Waals surface area contributed by atoms with Gasteiger partial charge in [-0.15, -0.1) is 0 Å². The molecule has 1 aromatic heterocycles. The number of amides is 1. The van der Waals surface area contributed by atoms with E-state index in [1.54, 1.807) is 38.1 Å². The van der Waals surface area contributed by atoms with Crippen molar-refractivity contribution in [2.45, 2.75) is 70.3 Å². The number of nitrogens with one attached hydrogen (secondary N) is 1. The van der Waals surface area contributed by atoms with Crippen molar-refractivity contribution in [1.82, 2.24) is 9.97 Å². The molecule has 1 aliphatic heterocycles. The maximum Gasteiger partial charge on any atom is 0.416 e. The highest BCUT2D eigenvalue weighted by molar-refractivity contribution is 5.90. The van der Waals surface area contributed by atoms with Gasteiger partial charge in [0.15, 0.2) is 0 Å². The molecule has 0 saturated carbocycles. The highest BCUT2D eigenvalue weighted by Gasteiger charge is 2.40. The molecule has 3 aromatic carbocycles. The molecule has 0 saturated heterocycles. The molecule has 8 nitrogen and oxygen atoms in total. The minimum atomic E-state index is -5.10. The molecule has 17 heteroatoms. The highest BCUT2D eigenvalue weighted by Crippen LogP contribution is 2.44. The molecule has 0 fully saturated rings. The van der Waals surface area contributed by atoms with Gasteiger partial charge in [0, 0.05) is 24.2 Å². The van der Waals surface area contributed by atoms with Crippen molar-refractivity contribution in [3.8, 4) is 11.8 Å². The molecule has 1 N–H and O–H groups in total. The lowest BCUT2D eigenvalue weighted by Crippen LogP contribution is -2.46. The summed E-state index contributed by atoms with van der Waals surface area (Å²) >= 11 is 0. The number of aromatic nitrogens is 2. The zero-order chi connectivity index (χ0) is 38.7. The summed E-state index contributed by atoms with van der Waals surface area (Å²) in [7, 11) is 1.49. The van der Waals surface area contributed by atoms with Gasteiger partial charge < -0.3 is 19.5 Å². The minimum Gasteiger partial charge on any atom is -0.497 e. The van der Waals surface area contributed by atoms with Gasteiger partial charge in [-0.25, -0.2) is 9.78 Å². The molecule has 0 unspecified atom stereocenters. The smallest absolute Gasteiger partial charge is 0.416 e. The van der Waals surface area contributed by atoms with E-state index in [-0.39, 0.29) is 59.9 Å². The fourth-order valence-corrected chi connectivity index (χ4v) is 5.95. The van der Waals surface area contributed by atoms with E-state index in [2.05, 4.69) is 15.3 Å². The lowest BCUT2D eigenvalue weighted by molar-refractivity contribution is -0.143. The van der Waals surface area contributed by atoms with Crippen LogP contribution in [0.4, 0.5) is 55.8 Å². The average molecular weight is 757 g/mol. The number of anilines is 2. The third-order valence-corrected chi connectivity index (χ3v) is 8.52. The van der Waals surface area contributed by atoms with Crippen LogP contribution in [0.25, 0.3) is 0 Å². The number of nitrogens with zero attached hydrogens (tertiary/aromatic N) is 3. The summed E-state index contributed by atoms with van der Waals surface area (Å²) in [4.78, 5) is 22.9. The van der Waals surface area contributed by atoms with Crippen molar-refractivity contribution < 1.29 is 58.5 Å². The molecule has 53 heavy (non-hydrogen) atoms. The molecule has 1 amide bonds. The highest BCUT2D eigenvalue weighted by atomic mass is 19.4. The summed E-state index contributed by atoms with van der Waals surface area (Å²) in [6, 6.07) is 8.94. The number of ether oxygens (including phenoxy) is 3. The van der Waals surface area contributed by atoms with Crippen LogP contribution >= 0.6 is 0 Å². The van der Waals surface area contributed by atoms with Crippen LogP contribution in [0, 0.1) is 0 Å². The molecule has 2 atom stereocenters. The lowest BCUT2D eigenvalue weighted by Gasteiger charge is -2.40. The number of hydrogen-bond donors (Lipinski definition) is 1. The van der Waals surface area contributed by atoms with E-state index < -0.39 is 59.8 Å². The molecular formula is C36H33F9N4O4. The van der Waals surface area contributed by atoms with E-state index in [1.165, 1.54) is 12.0 Å². The summed E-state index contributed by atoms with van der Waals surface area (Å²) in [6.07, 6.45) is -14.8. The Hall–Kier alpha value is -5.22. The van der Waals surface area contributed by atoms with Crippen LogP contribution in [0.5, 0.6) is 11.8 Å². The average Bonchev–Trinajstić information content (AvgIpc) is 3.10. The van der Waals surface area contributed by atoms with Crippen molar-refractivity contribution >= 4 is 17.6 Å². The molecule has 0 bridgehead atoms. The first-order valence-electron chi connectivity index (χ1n) is 16.2. The van der Waals surface area contributed by atoms with E-state index in [0.717, 1.165) is 24.4 Å². The van der Waals surface area contributed by atoms with Crippen molar-refractivity contribution in [3.63, 3.8) is 0 Å². The number of hydrogen-bond acceptors (Lipinski definition) is 7. The van der Waals surface area contributed by atoms with Crippen LogP contribution in [0.3, 0.4) is 0 Å². The van der Waals surface area contributed by atoms with Gasteiger partial charge >= 0.3 is 30.6 Å². The van der Waals surface area contributed by atoms with Crippen LogP contribution in [-0.2, 0) is 36.3 Å². The molecule has 0 spiro atoms. The van der Waals surface area contributed by atoms with Crippen molar-refractivity contribution in [2.24, 2.45) is 0 Å². The fourth-order valence-electron chi connectivity index (χ4n) is 5.95. The second-order valence-corrected chi connectivity index (χ2v) is 12.1. The number of carbonyl (C=O) groups is 1. The van der Waals surface area contributed by atoms with E-state index >= 15 is 0 Å². The van der Waals surface area contributed by atoms with Gasteiger partial charge in [0.1, 0.15) is 18.2 Å². The Kier molecular flexibility index (Phi) is 11.3. The largest absolute Gasteiger partial charge is 0.497 e. The molecule has 2 heterocycles. The molecule has 1 aliphatic rings. The fraction of sp³-hybridized carbons (Fsp3) is 0.361. The Morgan fingerprint density at radius 2 is 1.49 bits per heavy atom. The Labute approximate surface area is 297 Å². The first-order chi connectivity index (χ1) is 24.9. The van der Waals surface area contributed by atoms with Crippen LogP contribution in [0.15, 0.2) is 66.9 Å². The summed E-state index contributed by atoms with van der Waals surface area (Å²) in [5.41, 5.74) is -3.62. The third kappa shape index (κ3) is 9.24. The van der Waals surface area contributed by atoms with Crippen LogP contribution in [0.2, 0.25) is 0 Å². The second-order valence-electron chi connectivity index (χ2n) is 12.1.